The lowest BCUT2D eigenvalue weighted by Crippen LogP contribution is -2.49. The largest absolute Gasteiger partial charge is 0.543 e. The van der Waals surface area contributed by atoms with E-state index in [1.165, 1.54) is 49.7 Å². The van der Waals surface area contributed by atoms with E-state index in [4.69, 9.17) is 9.53 Å². The summed E-state index contributed by atoms with van der Waals surface area (Å²) >= 11 is 0. The van der Waals surface area contributed by atoms with Gasteiger partial charge in [0.2, 0.25) is 8.32 Å². The van der Waals surface area contributed by atoms with Crippen molar-refractivity contribution < 1.29 is 14.3 Å². The van der Waals surface area contributed by atoms with Crippen molar-refractivity contribution in [2.45, 2.75) is 82.8 Å². The van der Waals surface area contributed by atoms with Crippen LogP contribution < -0.4 is 4.43 Å². The summed E-state index contributed by atoms with van der Waals surface area (Å²) in [6, 6.07) is 13.9. The molecule has 2 aromatic carbocycles. The third kappa shape index (κ3) is 4.74. The number of carboxylic acids is 1. The third-order valence-corrected chi connectivity index (χ3v) is 13.8. The highest BCUT2D eigenvalue weighted by Gasteiger charge is 2.53. The van der Waals surface area contributed by atoms with Crippen molar-refractivity contribution >= 4 is 26.4 Å². The molecule has 0 aliphatic heterocycles. The highest BCUT2D eigenvalue weighted by atomic mass is 28.4. The van der Waals surface area contributed by atoms with Crippen molar-refractivity contribution in [2.24, 2.45) is 17.8 Å². The lowest BCUT2D eigenvalue weighted by atomic mass is 9.48. The van der Waals surface area contributed by atoms with E-state index in [1.54, 1.807) is 12.1 Å². The van der Waals surface area contributed by atoms with Gasteiger partial charge in [0.25, 0.3) is 0 Å². The summed E-state index contributed by atoms with van der Waals surface area (Å²) in [5.74, 6) is 2.89. The molecule has 4 aliphatic rings. The Kier molecular flexibility index (Phi) is 6.02. The zero-order valence-electron chi connectivity index (χ0n) is 21.9. The number of benzene rings is 2. The Bertz CT molecular complexity index is 1100. The summed E-state index contributed by atoms with van der Waals surface area (Å²) in [5.41, 5.74) is 4.23. The van der Waals surface area contributed by atoms with Gasteiger partial charge in [0.05, 0.1) is 5.56 Å². The number of aromatic carboxylic acids is 1. The molecule has 1 N–H and O–H groups in total. The van der Waals surface area contributed by atoms with Crippen LogP contribution >= 0.6 is 0 Å². The highest BCUT2D eigenvalue weighted by molar-refractivity contribution is 6.74. The number of rotatable bonds is 6. The first kappa shape index (κ1) is 24.4. The number of hydrogen-bond acceptors (Lipinski definition) is 2. The summed E-state index contributed by atoms with van der Waals surface area (Å²) in [5, 5.41) is 9.32. The monoisotopic (exact) mass is 488 g/mol. The van der Waals surface area contributed by atoms with Gasteiger partial charge in [0.1, 0.15) is 5.75 Å². The van der Waals surface area contributed by atoms with E-state index in [2.05, 4.69) is 64.2 Å². The lowest BCUT2D eigenvalue weighted by molar-refractivity contribution is -0.00587. The number of hydrogen-bond donors (Lipinski definition) is 1. The van der Waals surface area contributed by atoms with Crippen molar-refractivity contribution in [1.82, 2.24) is 0 Å². The molecule has 0 spiro atoms. The fraction of sp³-hybridized carbons (Fsp3) is 0.516. The Morgan fingerprint density at radius 2 is 1.43 bits per heavy atom. The van der Waals surface area contributed by atoms with Gasteiger partial charge in [0, 0.05) is 0 Å². The first-order valence-electron chi connectivity index (χ1n) is 13.3. The first-order valence-corrected chi connectivity index (χ1v) is 16.2. The Hall–Kier alpha value is -2.33. The highest BCUT2D eigenvalue weighted by Crippen LogP contribution is 2.62. The van der Waals surface area contributed by atoms with E-state index < -0.39 is 14.3 Å². The molecule has 0 unspecified atom stereocenters. The molecule has 0 saturated heterocycles. The molecule has 4 fully saturated rings. The van der Waals surface area contributed by atoms with E-state index in [0.717, 1.165) is 29.1 Å². The van der Waals surface area contributed by atoms with Gasteiger partial charge in [-0.25, -0.2) is 4.79 Å². The molecule has 3 nitrogen and oxygen atoms in total. The molecular weight excluding hydrogens is 448 g/mol. The summed E-state index contributed by atoms with van der Waals surface area (Å²) < 4.78 is 7.00. The van der Waals surface area contributed by atoms with E-state index in [1.807, 2.05) is 12.1 Å². The molecule has 0 atom stereocenters. The van der Waals surface area contributed by atoms with E-state index in [-0.39, 0.29) is 10.5 Å². The Labute approximate surface area is 211 Å². The van der Waals surface area contributed by atoms with Crippen LogP contribution in [-0.4, -0.2) is 19.4 Å². The SMILES string of the molecule is CC(C)(C)[Si](C)(C)Oc1ccc(/C=C/c2ccc(C(=O)O)cc2)cc1C12CC3CC(CC(C3)C1)C2. The molecule has 186 valence electrons. The second-order valence-electron chi connectivity index (χ2n) is 13.1. The van der Waals surface area contributed by atoms with Crippen LogP contribution in [0.5, 0.6) is 5.75 Å². The van der Waals surface area contributed by atoms with Crippen molar-refractivity contribution in [3.05, 3.63) is 64.7 Å². The van der Waals surface area contributed by atoms with Crippen molar-refractivity contribution in [2.75, 3.05) is 0 Å². The van der Waals surface area contributed by atoms with Gasteiger partial charge in [-0.2, -0.15) is 0 Å². The maximum atomic E-state index is 11.2. The van der Waals surface area contributed by atoms with Crippen LogP contribution in [0.15, 0.2) is 42.5 Å². The van der Waals surface area contributed by atoms with Gasteiger partial charge in [-0.05, 0) is 121 Å². The number of carboxylic acid groups (broad SMARTS) is 1. The van der Waals surface area contributed by atoms with Crippen molar-refractivity contribution in [3.63, 3.8) is 0 Å². The Morgan fingerprint density at radius 1 is 0.914 bits per heavy atom. The molecular formula is C31H40O3Si. The van der Waals surface area contributed by atoms with Crippen LogP contribution in [0.2, 0.25) is 18.1 Å². The summed E-state index contributed by atoms with van der Waals surface area (Å²) in [7, 11) is -1.96. The van der Waals surface area contributed by atoms with E-state index in [9.17, 15) is 4.79 Å². The van der Waals surface area contributed by atoms with Crippen LogP contribution in [0.4, 0.5) is 0 Å². The summed E-state index contributed by atoms with van der Waals surface area (Å²) in [6.45, 7) is 11.7. The normalized spacial score (nSPS) is 28.0. The summed E-state index contributed by atoms with van der Waals surface area (Å²) in [6.07, 6.45) is 12.5. The standard InChI is InChI=1S/C31H40O3Si/c1-30(2,3)35(4,5)34-28-13-10-22(7-6-21-8-11-26(12-9-21)29(32)33)17-27(28)31-18-23-14-24(19-31)16-25(15-23)20-31/h6-13,17,23-25H,14-16,18-20H2,1-5H3,(H,32,33)/b7-6+. The molecule has 4 saturated carbocycles. The smallest absolute Gasteiger partial charge is 0.335 e. The molecule has 0 amide bonds. The molecule has 4 heteroatoms. The van der Waals surface area contributed by atoms with Crippen LogP contribution in [0.1, 0.15) is 86.3 Å². The molecule has 6 rings (SSSR count). The Balaban J connectivity index is 1.51. The molecule has 35 heavy (non-hydrogen) atoms. The topological polar surface area (TPSA) is 46.5 Å². The lowest BCUT2D eigenvalue weighted by Gasteiger charge is -2.57. The second kappa shape index (κ2) is 8.65. The minimum absolute atomic E-state index is 0.159. The summed E-state index contributed by atoms with van der Waals surface area (Å²) in [4.78, 5) is 11.2. The van der Waals surface area contributed by atoms with Crippen LogP contribution in [0.3, 0.4) is 0 Å². The van der Waals surface area contributed by atoms with Crippen LogP contribution in [-0.2, 0) is 5.41 Å². The molecule has 4 aliphatic carbocycles. The van der Waals surface area contributed by atoms with Gasteiger partial charge >= 0.3 is 5.97 Å². The molecule has 4 bridgehead atoms. The molecule has 0 aromatic heterocycles. The zero-order valence-corrected chi connectivity index (χ0v) is 22.9. The number of carbonyl (C=O) groups is 1. The van der Waals surface area contributed by atoms with Gasteiger partial charge in [0.15, 0.2) is 0 Å². The third-order valence-electron chi connectivity index (χ3n) is 9.41. The fourth-order valence-electron chi connectivity index (χ4n) is 6.95. The maximum Gasteiger partial charge on any atom is 0.335 e. The van der Waals surface area contributed by atoms with Crippen molar-refractivity contribution in [3.8, 4) is 5.75 Å². The van der Waals surface area contributed by atoms with E-state index in [0.29, 0.717) is 5.56 Å². The van der Waals surface area contributed by atoms with Gasteiger partial charge in [-0.1, -0.05) is 51.1 Å². The molecule has 0 radical (unpaired) electrons. The predicted octanol–water partition coefficient (Wildman–Crippen LogP) is 8.41. The first-order chi connectivity index (χ1) is 16.4. The average molecular weight is 489 g/mol. The Morgan fingerprint density at radius 3 is 1.94 bits per heavy atom. The minimum Gasteiger partial charge on any atom is -0.543 e. The van der Waals surface area contributed by atoms with Gasteiger partial charge < -0.3 is 9.53 Å². The zero-order chi connectivity index (χ0) is 25.0. The molecule has 2 aromatic rings. The quantitative estimate of drug-likeness (QED) is 0.328. The maximum absolute atomic E-state index is 11.2. The minimum atomic E-state index is -1.96. The van der Waals surface area contributed by atoms with Gasteiger partial charge in [-0.15, -0.1) is 0 Å². The van der Waals surface area contributed by atoms with E-state index >= 15 is 0 Å². The predicted molar refractivity (Wildman–Crippen MR) is 146 cm³/mol. The van der Waals surface area contributed by atoms with Crippen LogP contribution in [0, 0.1) is 17.8 Å². The van der Waals surface area contributed by atoms with Crippen LogP contribution in [0.25, 0.3) is 12.2 Å². The van der Waals surface area contributed by atoms with Crippen molar-refractivity contribution in [1.29, 1.82) is 0 Å². The second-order valence-corrected chi connectivity index (χ2v) is 17.8. The van der Waals surface area contributed by atoms with Gasteiger partial charge in [-0.3, -0.25) is 0 Å². The average Bonchev–Trinajstić information content (AvgIpc) is 2.76. The fourth-order valence-corrected chi connectivity index (χ4v) is 7.99. The molecule has 0 heterocycles.